The summed E-state index contributed by atoms with van der Waals surface area (Å²) in [6.45, 7) is 4.44. The molecule has 0 bridgehead atoms. The molecule has 0 N–H and O–H groups in total. The van der Waals surface area contributed by atoms with E-state index in [0.29, 0.717) is 0 Å². The number of ether oxygens (including phenoxy) is 15. The van der Waals surface area contributed by atoms with Gasteiger partial charge in [0, 0.05) is 0 Å². The molecular weight excluding hydrogens is 1670 g/mol. The van der Waals surface area contributed by atoms with Crippen LogP contribution < -0.4 is 0 Å². The number of hydrogen-bond donors (Lipinski definition) is 0. The molecule has 8 aromatic carbocycles. The fourth-order valence-electron chi connectivity index (χ4n) is 16.8. The molecule has 8 aromatic rings. The van der Waals surface area contributed by atoms with Crippen LogP contribution in [0.1, 0.15) is 277 Å². The molecule has 131 heavy (non-hydrogen) atoms. The van der Waals surface area contributed by atoms with E-state index in [2.05, 4.69) is 13.8 Å². The summed E-state index contributed by atoms with van der Waals surface area (Å²) in [5, 5.41) is 0. The molecule has 24 nitrogen and oxygen atoms in total. The Bertz CT molecular complexity index is 4680. The lowest BCUT2D eigenvalue weighted by Gasteiger charge is -2.51. The highest BCUT2D eigenvalue weighted by atomic mass is 16.8. The summed E-state index contributed by atoms with van der Waals surface area (Å²) in [5.41, 5.74) is 0.412. The Hall–Kier alpha value is -11.3. The third kappa shape index (κ3) is 31.8. The van der Waals surface area contributed by atoms with E-state index in [0.717, 1.165) is 84.2 Å². The van der Waals surface area contributed by atoms with Crippen molar-refractivity contribution in [2.45, 2.75) is 280 Å². The molecule has 3 aliphatic rings. The lowest BCUT2D eigenvalue weighted by molar-refractivity contribution is -0.382. The van der Waals surface area contributed by atoms with Crippen molar-refractivity contribution in [2.24, 2.45) is 11.8 Å². The predicted octanol–water partition coefficient (Wildman–Crippen LogP) is 21.0. The van der Waals surface area contributed by atoms with Crippen molar-refractivity contribution in [2.75, 3.05) is 26.9 Å². The molecule has 7 unspecified atom stereocenters. The Balaban J connectivity index is 1.08. The minimum atomic E-state index is -2.13. The van der Waals surface area contributed by atoms with E-state index in [1.807, 2.05) is 0 Å². The third-order valence-electron chi connectivity index (χ3n) is 24.0. The Kier molecular flexibility index (Phi) is 42.2. The average molecular weight is 1800 g/mol. The van der Waals surface area contributed by atoms with Crippen LogP contribution in [0, 0.1) is 11.8 Å². The topological polar surface area (TPSA) is 292 Å². The number of methoxy groups -OCH3 is 1. The molecule has 0 aromatic heterocycles. The molecule has 24 heteroatoms. The zero-order chi connectivity index (χ0) is 92.2. The summed E-state index contributed by atoms with van der Waals surface area (Å²) >= 11 is 0. The van der Waals surface area contributed by atoms with Crippen molar-refractivity contribution >= 4 is 53.7 Å². The van der Waals surface area contributed by atoms with E-state index in [9.17, 15) is 24.0 Å². The van der Waals surface area contributed by atoms with Gasteiger partial charge in [-0.25, -0.2) is 38.4 Å². The van der Waals surface area contributed by atoms with Gasteiger partial charge < -0.3 is 71.1 Å². The standard InChI is InChI=1S/C107H128O24/c1-5-7-9-11-13-15-17-19-21-23-25-35-53-76(54-36-26-24-22-20-18-16-14-12-10-8-6-2)72-120-105-95(128-103(115)83-67-49-33-50-68-83)94(131-106-91(126-101(113)81-63-45-31-46-64-81)85(71-88(108)117-4)90(125-100(112)80-61-43-30-44-62-80)86(123-106)73-118-97(109)77-55-37-27-38-56-77)92(87(122-105)74-119-98(110)78-57-39-28-40-58-78)130-107-96(129-104(116)84-69-51-34-52-70-84)93(127-102(114)82-65-47-32-48-66-82)89(75(3)121-107)124-99(111)79-59-41-29-42-60-79/h27-34,37-52,55-70,75-76,85-87,89-96,105-107H,5-26,35-36,53-54,71-74H2,1-4H3/t75?,85?,86?,87?,89-,90-,91-,92+,93?,94?,95-,96?,105-,106+,107-/m1/s1. The van der Waals surface area contributed by atoms with Crippen LogP contribution in [0.5, 0.6) is 0 Å². The molecule has 3 fully saturated rings. The normalized spacial score (nSPS) is 21.7. The van der Waals surface area contributed by atoms with E-state index in [-0.39, 0.29) is 57.0 Å². The summed E-state index contributed by atoms with van der Waals surface area (Å²) in [4.78, 5) is 135. The number of hydrogen-bond acceptors (Lipinski definition) is 24. The van der Waals surface area contributed by atoms with Crippen LogP contribution in [0.2, 0.25) is 0 Å². The molecule has 0 amide bonds. The second-order valence-corrected chi connectivity index (χ2v) is 33.8. The van der Waals surface area contributed by atoms with Crippen molar-refractivity contribution in [1.82, 2.24) is 0 Å². The average Bonchev–Trinajstić information content (AvgIpc) is 0.741. The monoisotopic (exact) mass is 1800 g/mol. The van der Waals surface area contributed by atoms with Crippen LogP contribution >= 0.6 is 0 Å². The highest BCUT2D eigenvalue weighted by Gasteiger charge is 2.60. The number of rotatable bonds is 53. The van der Waals surface area contributed by atoms with E-state index in [1.165, 1.54) is 182 Å². The summed E-state index contributed by atoms with van der Waals surface area (Å²) in [6.07, 6.45) is 2.38. The van der Waals surface area contributed by atoms with Crippen LogP contribution in [0.15, 0.2) is 243 Å². The van der Waals surface area contributed by atoms with Gasteiger partial charge in [-0.1, -0.05) is 314 Å². The van der Waals surface area contributed by atoms with Crippen LogP contribution in [-0.2, 0) is 75.8 Å². The van der Waals surface area contributed by atoms with Gasteiger partial charge >= 0.3 is 53.7 Å². The third-order valence-corrected chi connectivity index (χ3v) is 24.0. The molecule has 0 radical (unpaired) electrons. The van der Waals surface area contributed by atoms with Crippen molar-refractivity contribution in [3.63, 3.8) is 0 Å². The maximum Gasteiger partial charge on any atom is 0.338 e. The maximum absolute atomic E-state index is 15.7. The Labute approximate surface area is 770 Å². The van der Waals surface area contributed by atoms with Gasteiger partial charge in [0.2, 0.25) is 0 Å². The van der Waals surface area contributed by atoms with Gasteiger partial charge in [0.15, 0.2) is 49.4 Å². The van der Waals surface area contributed by atoms with Crippen molar-refractivity contribution < 1.29 is 114 Å². The number of unbranched alkanes of at least 4 members (excludes halogenated alkanes) is 22. The van der Waals surface area contributed by atoms with E-state index < -0.39 is 165 Å². The lowest BCUT2D eigenvalue weighted by Crippen LogP contribution is -2.68. The molecule has 700 valence electrons. The minimum absolute atomic E-state index is 0.00339. The molecule has 11 rings (SSSR count). The van der Waals surface area contributed by atoms with Crippen LogP contribution in [0.3, 0.4) is 0 Å². The molecular formula is C107H128O24. The van der Waals surface area contributed by atoms with Gasteiger partial charge in [-0.2, -0.15) is 0 Å². The van der Waals surface area contributed by atoms with Gasteiger partial charge in [-0.3, -0.25) is 4.79 Å². The Morgan fingerprint density at radius 1 is 0.282 bits per heavy atom. The zero-order valence-corrected chi connectivity index (χ0v) is 75.8. The number of carbonyl (C=O) groups is 9. The first kappa shape index (κ1) is 100. The molecule has 3 heterocycles. The summed E-state index contributed by atoms with van der Waals surface area (Å²) < 4.78 is 102. The second kappa shape index (κ2) is 55.2. The Morgan fingerprint density at radius 3 is 0.893 bits per heavy atom. The van der Waals surface area contributed by atoms with E-state index in [4.69, 9.17) is 71.1 Å². The minimum Gasteiger partial charge on any atom is -0.469 e. The molecule has 3 aliphatic heterocycles. The fraction of sp³-hybridized carbons (Fsp3) is 0.467. The number of carbonyl (C=O) groups excluding carboxylic acids is 9. The maximum atomic E-state index is 15.7. The summed E-state index contributed by atoms with van der Waals surface area (Å²) in [6, 6.07) is 63.6. The fourth-order valence-corrected chi connectivity index (χ4v) is 16.8. The van der Waals surface area contributed by atoms with Crippen molar-refractivity contribution in [3.8, 4) is 0 Å². The smallest absolute Gasteiger partial charge is 0.338 e. The van der Waals surface area contributed by atoms with Gasteiger partial charge in [0.25, 0.3) is 0 Å². The van der Waals surface area contributed by atoms with E-state index in [1.54, 1.807) is 158 Å². The van der Waals surface area contributed by atoms with E-state index >= 15 is 19.2 Å². The molecule has 0 spiro atoms. The molecule has 0 aliphatic carbocycles. The van der Waals surface area contributed by atoms with Gasteiger partial charge in [-0.05, 0) is 123 Å². The quantitative estimate of drug-likeness (QED) is 0.0194. The number of benzene rings is 8. The first-order valence-corrected chi connectivity index (χ1v) is 47.0. The first-order valence-electron chi connectivity index (χ1n) is 47.0. The van der Waals surface area contributed by atoms with Crippen molar-refractivity contribution in [1.29, 1.82) is 0 Å². The Morgan fingerprint density at radius 2 is 0.550 bits per heavy atom. The van der Waals surface area contributed by atoms with Crippen LogP contribution in [0.25, 0.3) is 0 Å². The highest BCUT2D eigenvalue weighted by Crippen LogP contribution is 2.42. The first-order chi connectivity index (χ1) is 64.1. The van der Waals surface area contributed by atoms with Gasteiger partial charge in [0.05, 0.1) is 76.7 Å². The zero-order valence-electron chi connectivity index (χ0n) is 75.8. The summed E-state index contributed by atoms with van der Waals surface area (Å²) in [5.74, 6) is -10.1. The molecule has 15 atom stereocenters. The molecule has 3 saturated heterocycles. The van der Waals surface area contributed by atoms with Gasteiger partial charge in [-0.15, -0.1) is 0 Å². The lowest BCUT2D eigenvalue weighted by atomic mass is 9.85. The van der Waals surface area contributed by atoms with Crippen LogP contribution in [-0.4, -0.2) is 167 Å². The summed E-state index contributed by atoms with van der Waals surface area (Å²) in [7, 11) is 1.13. The number of esters is 9. The van der Waals surface area contributed by atoms with Crippen LogP contribution in [0.4, 0.5) is 0 Å². The largest absolute Gasteiger partial charge is 0.469 e. The second-order valence-electron chi connectivity index (χ2n) is 33.8. The molecule has 0 saturated carbocycles. The van der Waals surface area contributed by atoms with Gasteiger partial charge in [0.1, 0.15) is 43.7 Å². The predicted molar refractivity (Wildman–Crippen MR) is 490 cm³/mol. The highest BCUT2D eigenvalue weighted by molar-refractivity contribution is 5.93. The van der Waals surface area contributed by atoms with Crippen molar-refractivity contribution in [3.05, 3.63) is 287 Å². The SMILES string of the molecule is CCCCCCCCCCCCCCC(CCCCCCCCCCCCCC)CO[C@@H]1OC(COC(=O)c2ccccc2)[C@H](O[C@H]2OC(C)[C@@H](OC(=O)c3ccccc3)C(OC(=O)c3ccccc3)C2OC(=O)c2ccccc2)C(O[C@@H]2OC(COC(=O)c3ccccc3)[C@H](OC(=O)c3ccccc3)C(CC(=O)OC)[C@H]2OC(=O)c2ccccc2)[C@H]1OC(=O)c1ccccc1.